The van der Waals surface area contributed by atoms with Crippen LogP contribution in [-0.4, -0.2) is 53.2 Å². The lowest BCUT2D eigenvalue weighted by Crippen LogP contribution is -2.38. The SMILES string of the molecule is CCOCCCN(CC(C)C(=O)O)C(=O)c1nc(-c2ccccc2)oc1C. The minimum Gasteiger partial charge on any atom is -0.481 e. The van der Waals surface area contributed by atoms with Crippen LogP contribution in [0.2, 0.25) is 0 Å². The maximum absolute atomic E-state index is 13.0. The number of aliphatic carboxylic acids is 1. The Morgan fingerprint density at radius 1 is 1.30 bits per heavy atom. The molecule has 1 atom stereocenters. The molecular formula is C20H26N2O5. The first-order valence-electron chi connectivity index (χ1n) is 9.06. The van der Waals surface area contributed by atoms with E-state index in [9.17, 15) is 14.7 Å². The smallest absolute Gasteiger partial charge is 0.308 e. The average molecular weight is 374 g/mol. The van der Waals surface area contributed by atoms with Crippen LogP contribution < -0.4 is 0 Å². The van der Waals surface area contributed by atoms with Gasteiger partial charge in [-0.2, -0.15) is 0 Å². The molecule has 1 amide bonds. The van der Waals surface area contributed by atoms with Gasteiger partial charge in [-0.25, -0.2) is 4.98 Å². The number of carbonyl (C=O) groups excluding carboxylic acids is 1. The van der Waals surface area contributed by atoms with Gasteiger partial charge in [0, 0.05) is 31.9 Å². The van der Waals surface area contributed by atoms with Crippen molar-refractivity contribution in [3.63, 3.8) is 0 Å². The molecule has 7 nitrogen and oxygen atoms in total. The highest BCUT2D eigenvalue weighted by atomic mass is 16.5. The number of oxazole rings is 1. The first-order chi connectivity index (χ1) is 12.9. The third-order valence-electron chi connectivity index (χ3n) is 4.14. The first-order valence-corrected chi connectivity index (χ1v) is 9.06. The summed E-state index contributed by atoms with van der Waals surface area (Å²) >= 11 is 0. The molecule has 2 aromatic rings. The van der Waals surface area contributed by atoms with Gasteiger partial charge in [-0.05, 0) is 32.4 Å². The normalized spacial score (nSPS) is 12.0. The summed E-state index contributed by atoms with van der Waals surface area (Å²) in [6.07, 6.45) is 0.619. The average Bonchev–Trinajstić information content (AvgIpc) is 3.05. The number of rotatable bonds is 10. The second kappa shape index (κ2) is 9.87. The van der Waals surface area contributed by atoms with Crippen LogP contribution in [-0.2, 0) is 9.53 Å². The van der Waals surface area contributed by atoms with Gasteiger partial charge >= 0.3 is 5.97 Å². The number of nitrogens with zero attached hydrogens (tertiary/aromatic N) is 2. The van der Waals surface area contributed by atoms with Gasteiger partial charge < -0.3 is 19.2 Å². The predicted octanol–water partition coefficient (Wildman–Crippen LogP) is 3.24. The number of carboxylic acid groups (broad SMARTS) is 1. The second-order valence-electron chi connectivity index (χ2n) is 6.33. The fraction of sp³-hybridized carbons (Fsp3) is 0.450. The molecule has 0 saturated carbocycles. The molecule has 0 aliphatic rings. The van der Waals surface area contributed by atoms with E-state index in [2.05, 4.69) is 4.98 Å². The van der Waals surface area contributed by atoms with Crippen LogP contribution >= 0.6 is 0 Å². The molecule has 1 unspecified atom stereocenters. The van der Waals surface area contributed by atoms with Gasteiger partial charge in [-0.1, -0.05) is 25.1 Å². The number of carbonyl (C=O) groups is 2. The van der Waals surface area contributed by atoms with Crippen molar-refractivity contribution >= 4 is 11.9 Å². The number of hydrogen-bond donors (Lipinski definition) is 1. The fourth-order valence-corrected chi connectivity index (χ4v) is 2.64. The minimum absolute atomic E-state index is 0.104. The Bertz CT molecular complexity index is 757. The summed E-state index contributed by atoms with van der Waals surface area (Å²) in [6.45, 7) is 6.77. The number of aromatic nitrogens is 1. The van der Waals surface area contributed by atoms with Crippen LogP contribution in [0.4, 0.5) is 0 Å². The lowest BCUT2D eigenvalue weighted by atomic mass is 10.1. The molecule has 146 valence electrons. The van der Waals surface area contributed by atoms with E-state index >= 15 is 0 Å². The van der Waals surface area contributed by atoms with Crippen LogP contribution in [0.3, 0.4) is 0 Å². The number of carboxylic acids is 1. The highest BCUT2D eigenvalue weighted by Crippen LogP contribution is 2.22. The number of benzene rings is 1. The molecule has 0 fully saturated rings. The molecule has 0 aliphatic heterocycles. The van der Waals surface area contributed by atoms with Crippen LogP contribution in [0.5, 0.6) is 0 Å². The van der Waals surface area contributed by atoms with E-state index < -0.39 is 11.9 Å². The molecule has 0 spiro atoms. The lowest BCUT2D eigenvalue weighted by Gasteiger charge is -2.23. The van der Waals surface area contributed by atoms with E-state index in [1.165, 1.54) is 4.90 Å². The highest BCUT2D eigenvalue weighted by Gasteiger charge is 2.26. The number of hydrogen-bond acceptors (Lipinski definition) is 5. The third kappa shape index (κ3) is 5.65. The molecule has 1 aromatic carbocycles. The Morgan fingerprint density at radius 2 is 2.00 bits per heavy atom. The Morgan fingerprint density at radius 3 is 2.63 bits per heavy atom. The molecule has 7 heteroatoms. The van der Waals surface area contributed by atoms with Gasteiger partial charge in [0.05, 0.1) is 5.92 Å². The highest BCUT2D eigenvalue weighted by molar-refractivity contribution is 5.94. The predicted molar refractivity (Wildman–Crippen MR) is 100 cm³/mol. The van der Waals surface area contributed by atoms with Crippen LogP contribution in [0, 0.1) is 12.8 Å². The summed E-state index contributed by atoms with van der Waals surface area (Å²) in [6, 6.07) is 9.33. The van der Waals surface area contributed by atoms with E-state index in [0.29, 0.717) is 37.8 Å². The van der Waals surface area contributed by atoms with Crippen molar-refractivity contribution in [2.45, 2.75) is 27.2 Å². The zero-order valence-electron chi connectivity index (χ0n) is 16.0. The van der Waals surface area contributed by atoms with E-state index in [1.807, 2.05) is 37.3 Å². The van der Waals surface area contributed by atoms with Gasteiger partial charge in [0.15, 0.2) is 5.69 Å². The molecule has 0 saturated heterocycles. The van der Waals surface area contributed by atoms with Crippen molar-refractivity contribution in [3.8, 4) is 11.5 Å². The maximum atomic E-state index is 13.0. The Hall–Kier alpha value is -2.67. The third-order valence-corrected chi connectivity index (χ3v) is 4.14. The summed E-state index contributed by atoms with van der Waals surface area (Å²) < 4.78 is 11.0. The molecule has 0 radical (unpaired) electrons. The lowest BCUT2D eigenvalue weighted by molar-refractivity contribution is -0.141. The van der Waals surface area contributed by atoms with E-state index in [4.69, 9.17) is 9.15 Å². The first kappa shape index (κ1) is 20.6. The maximum Gasteiger partial charge on any atom is 0.308 e. The molecule has 0 aliphatic carbocycles. The topological polar surface area (TPSA) is 92.9 Å². The van der Waals surface area contributed by atoms with Gasteiger partial charge in [0.25, 0.3) is 5.91 Å². The number of aryl methyl sites for hydroxylation is 1. The Labute approximate surface area is 159 Å². The summed E-state index contributed by atoms with van der Waals surface area (Å²) in [7, 11) is 0. The fourth-order valence-electron chi connectivity index (χ4n) is 2.64. The summed E-state index contributed by atoms with van der Waals surface area (Å²) in [4.78, 5) is 30.1. The Kier molecular flexibility index (Phi) is 7.55. The van der Waals surface area contributed by atoms with E-state index in [0.717, 1.165) is 5.56 Å². The molecule has 1 heterocycles. The van der Waals surface area contributed by atoms with Gasteiger partial charge in [0.2, 0.25) is 5.89 Å². The zero-order valence-corrected chi connectivity index (χ0v) is 16.0. The van der Waals surface area contributed by atoms with E-state index in [-0.39, 0.29) is 18.1 Å². The molecule has 1 aromatic heterocycles. The monoisotopic (exact) mass is 374 g/mol. The quantitative estimate of drug-likeness (QED) is 0.642. The molecule has 1 N–H and O–H groups in total. The van der Waals surface area contributed by atoms with Gasteiger partial charge in [-0.3, -0.25) is 9.59 Å². The van der Waals surface area contributed by atoms with Crippen molar-refractivity contribution in [1.82, 2.24) is 9.88 Å². The van der Waals surface area contributed by atoms with Crippen LogP contribution in [0.15, 0.2) is 34.7 Å². The second-order valence-corrected chi connectivity index (χ2v) is 6.33. The molecule has 27 heavy (non-hydrogen) atoms. The van der Waals surface area contributed by atoms with Crippen LogP contribution in [0.1, 0.15) is 36.5 Å². The molecule has 0 bridgehead atoms. The summed E-state index contributed by atoms with van der Waals surface area (Å²) in [5.41, 5.74) is 0.990. The zero-order chi connectivity index (χ0) is 19.8. The minimum atomic E-state index is -0.945. The van der Waals surface area contributed by atoms with Gasteiger partial charge in [0.1, 0.15) is 5.76 Å². The van der Waals surface area contributed by atoms with Crippen molar-refractivity contribution in [2.75, 3.05) is 26.3 Å². The van der Waals surface area contributed by atoms with Gasteiger partial charge in [-0.15, -0.1) is 0 Å². The summed E-state index contributed by atoms with van der Waals surface area (Å²) in [5.74, 6) is -1.17. The number of amides is 1. The van der Waals surface area contributed by atoms with Crippen molar-refractivity contribution < 1.29 is 23.8 Å². The largest absolute Gasteiger partial charge is 0.481 e. The molecule has 2 rings (SSSR count). The molecular weight excluding hydrogens is 348 g/mol. The summed E-state index contributed by atoms with van der Waals surface area (Å²) in [5, 5.41) is 9.20. The van der Waals surface area contributed by atoms with Crippen LogP contribution in [0.25, 0.3) is 11.5 Å². The van der Waals surface area contributed by atoms with Crippen molar-refractivity contribution in [1.29, 1.82) is 0 Å². The number of ether oxygens (including phenoxy) is 1. The van der Waals surface area contributed by atoms with Crippen molar-refractivity contribution in [3.05, 3.63) is 41.8 Å². The Balaban J connectivity index is 2.20. The van der Waals surface area contributed by atoms with E-state index in [1.54, 1.807) is 13.8 Å². The standard InChI is InChI=1S/C20H26N2O5/c1-4-26-12-8-11-22(13-14(2)20(24)25)19(23)17-15(3)27-18(21-17)16-9-6-5-7-10-16/h5-7,9-10,14H,4,8,11-13H2,1-3H3,(H,24,25). The van der Waals surface area contributed by atoms with Crippen molar-refractivity contribution in [2.24, 2.45) is 5.92 Å².